The number of hydroxylamine groups is 1. The van der Waals surface area contributed by atoms with Crippen molar-refractivity contribution in [2.75, 3.05) is 20.2 Å². The minimum Gasteiger partial charge on any atom is -0.298 e. The molecule has 0 saturated heterocycles. The highest BCUT2D eigenvalue weighted by molar-refractivity contribution is 5.76. The third-order valence-electron chi connectivity index (χ3n) is 0.729. The number of rotatable bonds is 4. The van der Waals surface area contributed by atoms with Gasteiger partial charge in [-0.3, -0.25) is 14.9 Å². The first-order chi connectivity index (χ1) is 4.81. The van der Waals surface area contributed by atoms with Crippen LogP contribution in [-0.2, 0) is 9.63 Å². The maximum absolute atomic E-state index is 10.6. The van der Waals surface area contributed by atoms with Crippen molar-refractivity contribution < 1.29 is 9.63 Å². The molecular formula is C6H10N2O2. The maximum atomic E-state index is 10.6. The Hall–Kier alpha value is -1.05. The number of carbonyl (C=O) groups excluding carboxylic acids is 1. The van der Waals surface area contributed by atoms with Gasteiger partial charge in [0.05, 0.1) is 20.2 Å². The van der Waals surface area contributed by atoms with Crippen LogP contribution in [-0.4, -0.2) is 26.1 Å². The maximum Gasteiger partial charge on any atom is 0.257 e. The average Bonchev–Trinajstić information content (AvgIpc) is 1.89. The van der Waals surface area contributed by atoms with Crippen molar-refractivity contribution in [3.63, 3.8) is 0 Å². The smallest absolute Gasteiger partial charge is 0.257 e. The van der Waals surface area contributed by atoms with Crippen molar-refractivity contribution in [2.45, 2.75) is 0 Å². The van der Waals surface area contributed by atoms with Gasteiger partial charge in [-0.05, 0) is 0 Å². The Bertz CT molecular complexity index is 139. The van der Waals surface area contributed by atoms with Crippen molar-refractivity contribution in [1.82, 2.24) is 10.8 Å². The van der Waals surface area contributed by atoms with Gasteiger partial charge in [-0.1, -0.05) is 5.92 Å². The van der Waals surface area contributed by atoms with Crippen LogP contribution in [0.2, 0.25) is 0 Å². The second-order valence-corrected chi connectivity index (χ2v) is 1.54. The molecule has 0 fully saturated rings. The van der Waals surface area contributed by atoms with Crippen LogP contribution in [0.25, 0.3) is 0 Å². The van der Waals surface area contributed by atoms with Gasteiger partial charge in [-0.15, -0.1) is 6.42 Å². The third kappa shape index (κ3) is 5.09. The summed E-state index contributed by atoms with van der Waals surface area (Å²) in [6, 6.07) is 0. The second kappa shape index (κ2) is 6.08. The second-order valence-electron chi connectivity index (χ2n) is 1.54. The van der Waals surface area contributed by atoms with Crippen LogP contribution in [0.4, 0.5) is 0 Å². The summed E-state index contributed by atoms with van der Waals surface area (Å²) in [4.78, 5) is 14.9. The van der Waals surface area contributed by atoms with E-state index in [2.05, 4.69) is 21.6 Å². The van der Waals surface area contributed by atoms with E-state index in [0.29, 0.717) is 6.54 Å². The van der Waals surface area contributed by atoms with E-state index in [0.717, 1.165) is 0 Å². The summed E-state index contributed by atoms with van der Waals surface area (Å²) in [7, 11) is 1.37. The molecule has 4 heteroatoms. The summed E-state index contributed by atoms with van der Waals surface area (Å²) in [5.74, 6) is 2.10. The van der Waals surface area contributed by atoms with Gasteiger partial charge in [0, 0.05) is 0 Å². The number of hydrogen-bond acceptors (Lipinski definition) is 3. The van der Waals surface area contributed by atoms with Crippen molar-refractivity contribution >= 4 is 5.91 Å². The molecule has 0 unspecified atom stereocenters. The van der Waals surface area contributed by atoms with Gasteiger partial charge < -0.3 is 0 Å². The van der Waals surface area contributed by atoms with E-state index >= 15 is 0 Å². The van der Waals surface area contributed by atoms with E-state index in [1.165, 1.54) is 7.11 Å². The molecule has 0 spiro atoms. The van der Waals surface area contributed by atoms with E-state index in [-0.39, 0.29) is 12.5 Å². The van der Waals surface area contributed by atoms with Crippen LogP contribution in [0.1, 0.15) is 0 Å². The van der Waals surface area contributed by atoms with Crippen LogP contribution in [0.5, 0.6) is 0 Å². The predicted molar refractivity (Wildman–Crippen MR) is 36.9 cm³/mol. The lowest BCUT2D eigenvalue weighted by atomic mass is 10.6. The normalized spacial score (nSPS) is 8.40. The SMILES string of the molecule is C#CCNCC(=O)NOC. The Balaban J connectivity index is 3.15. The largest absolute Gasteiger partial charge is 0.298 e. The van der Waals surface area contributed by atoms with E-state index in [4.69, 9.17) is 6.42 Å². The fourth-order valence-corrected chi connectivity index (χ4v) is 0.398. The zero-order valence-electron chi connectivity index (χ0n) is 5.81. The molecule has 0 aliphatic rings. The summed E-state index contributed by atoms with van der Waals surface area (Å²) in [6.45, 7) is 0.565. The first kappa shape index (κ1) is 8.95. The highest BCUT2D eigenvalue weighted by atomic mass is 16.6. The van der Waals surface area contributed by atoms with E-state index in [1.54, 1.807) is 0 Å². The van der Waals surface area contributed by atoms with E-state index < -0.39 is 0 Å². The Morgan fingerprint density at radius 2 is 2.50 bits per heavy atom. The summed E-state index contributed by atoms with van der Waals surface area (Å²) >= 11 is 0. The summed E-state index contributed by atoms with van der Waals surface area (Å²) < 4.78 is 0. The molecule has 10 heavy (non-hydrogen) atoms. The monoisotopic (exact) mass is 142 g/mol. The van der Waals surface area contributed by atoms with Crippen molar-refractivity contribution in [3.8, 4) is 12.3 Å². The van der Waals surface area contributed by atoms with Crippen molar-refractivity contribution in [3.05, 3.63) is 0 Å². The van der Waals surface area contributed by atoms with Gasteiger partial charge in [0.1, 0.15) is 0 Å². The summed E-state index contributed by atoms with van der Waals surface area (Å²) in [5.41, 5.74) is 2.13. The fourth-order valence-electron chi connectivity index (χ4n) is 0.398. The van der Waals surface area contributed by atoms with Crippen LogP contribution in [0.15, 0.2) is 0 Å². The van der Waals surface area contributed by atoms with Crippen LogP contribution < -0.4 is 10.8 Å². The van der Waals surface area contributed by atoms with Gasteiger partial charge in [-0.25, -0.2) is 5.48 Å². The average molecular weight is 142 g/mol. The Morgan fingerprint density at radius 1 is 1.80 bits per heavy atom. The van der Waals surface area contributed by atoms with Crippen molar-refractivity contribution in [1.29, 1.82) is 0 Å². The molecule has 0 aromatic carbocycles. The lowest BCUT2D eigenvalue weighted by Crippen LogP contribution is -2.33. The zero-order valence-corrected chi connectivity index (χ0v) is 5.81. The van der Waals surface area contributed by atoms with Gasteiger partial charge in [0.2, 0.25) is 0 Å². The standard InChI is InChI=1S/C6H10N2O2/c1-3-4-7-5-6(9)8-10-2/h1,7H,4-5H2,2H3,(H,8,9). The molecule has 0 aromatic rings. The quantitative estimate of drug-likeness (QED) is 0.297. The molecule has 0 saturated carbocycles. The van der Waals surface area contributed by atoms with Crippen molar-refractivity contribution in [2.24, 2.45) is 0 Å². The Morgan fingerprint density at radius 3 is 3.00 bits per heavy atom. The molecule has 0 aliphatic heterocycles. The lowest BCUT2D eigenvalue weighted by molar-refractivity contribution is -0.130. The number of nitrogens with one attached hydrogen (secondary N) is 2. The fraction of sp³-hybridized carbons (Fsp3) is 0.500. The number of terminal acetylenes is 1. The summed E-state index contributed by atoms with van der Waals surface area (Å²) in [6.07, 6.45) is 4.91. The molecule has 2 N–H and O–H groups in total. The zero-order chi connectivity index (χ0) is 7.82. The third-order valence-corrected chi connectivity index (χ3v) is 0.729. The Labute approximate surface area is 59.9 Å². The van der Waals surface area contributed by atoms with E-state index in [1.807, 2.05) is 0 Å². The molecular weight excluding hydrogens is 132 g/mol. The molecule has 0 heterocycles. The highest BCUT2D eigenvalue weighted by Crippen LogP contribution is 1.62. The number of carbonyl (C=O) groups is 1. The number of amides is 1. The topological polar surface area (TPSA) is 50.4 Å². The predicted octanol–water partition coefficient (Wildman–Crippen LogP) is -1.11. The van der Waals surface area contributed by atoms with Crippen LogP contribution in [0, 0.1) is 12.3 Å². The Kier molecular flexibility index (Phi) is 5.44. The van der Waals surface area contributed by atoms with Gasteiger partial charge >= 0.3 is 0 Å². The lowest BCUT2D eigenvalue weighted by Gasteiger charge is -2.00. The highest BCUT2D eigenvalue weighted by Gasteiger charge is 1.95. The molecule has 0 bridgehead atoms. The van der Waals surface area contributed by atoms with Crippen LogP contribution in [0.3, 0.4) is 0 Å². The molecule has 0 rings (SSSR count). The summed E-state index contributed by atoms with van der Waals surface area (Å²) in [5, 5.41) is 2.69. The molecule has 0 aliphatic carbocycles. The minimum atomic E-state index is -0.238. The number of hydrogen-bond donors (Lipinski definition) is 2. The molecule has 0 radical (unpaired) electrons. The van der Waals surface area contributed by atoms with Gasteiger partial charge in [0.15, 0.2) is 0 Å². The molecule has 56 valence electrons. The molecule has 0 aromatic heterocycles. The van der Waals surface area contributed by atoms with Gasteiger partial charge in [0.25, 0.3) is 5.91 Å². The first-order valence-electron chi connectivity index (χ1n) is 2.77. The molecule has 4 nitrogen and oxygen atoms in total. The first-order valence-corrected chi connectivity index (χ1v) is 2.77. The van der Waals surface area contributed by atoms with Gasteiger partial charge in [-0.2, -0.15) is 0 Å². The minimum absolute atomic E-state index is 0.179. The molecule has 1 amide bonds. The van der Waals surface area contributed by atoms with Crippen LogP contribution >= 0.6 is 0 Å². The van der Waals surface area contributed by atoms with E-state index in [9.17, 15) is 4.79 Å². The molecule has 0 atom stereocenters.